The zero-order valence-corrected chi connectivity index (χ0v) is 8.59. The number of hydrogen-bond donors (Lipinski definition) is 0. The molecule has 2 rings (SSSR count). The molecular weight excluding hydrogens is 170 g/mol. The first-order chi connectivity index (χ1) is 6.78. The van der Waals surface area contributed by atoms with Gasteiger partial charge >= 0.3 is 0 Å². The van der Waals surface area contributed by atoms with Crippen LogP contribution in [0.25, 0.3) is 0 Å². The summed E-state index contributed by atoms with van der Waals surface area (Å²) in [6, 6.07) is 10.8. The van der Waals surface area contributed by atoms with Gasteiger partial charge in [0.15, 0.2) is 0 Å². The van der Waals surface area contributed by atoms with Gasteiger partial charge in [0.2, 0.25) is 0 Å². The monoisotopic (exact) mass is 185 g/mol. The molecule has 1 aliphatic carbocycles. The summed E-state index contributed by atoms with van der Waals surface area (Å²) in [6.45, 7) is 2.10. The maximum atomic E-state index is 9.34. The van der Waals surface area contributed by atoms with Crippen LogP contribution in [0.15, 0.2) is 24.3 Å². The Bertz CT molecular complexity index is 367. The third-order valence-electron chi connectivity index (χ3n) is 3.33. The van der Waals surface area contributed by atoms with Crippen LogP contribution in [-0.4, -0.2) is 0 Å². The second-order valence-electron chi connectivity index (χ2n) is 4.22. The van der Waals surface area contributed by atoms with Crippen LogP contribution in [0, 0.1) is 18.3 Å². The Hall–Kier alpha value is -1.29. The molecule has 0 amide bonds. The van der Waals surface area contributed by atoms with Crippen LogP contribution in [0.4, 0.5) is 0 Å². The number of nitrogens with zero attached hydrogens (tertiary/aromatic N) is 1. The van der Waals surface area contributed by atoms with E-state index >= 15 is 0 Å². The third kappa shape index (κ3) is 1.32. The fraction of sp³-hybridized carbons (Fsp3) is 0.462. The van der Waals surface area contributed by atoms with Crippen molar-refractivity contribution in [1.29, 1.82) is 5.26 Å². The van der Waals surface area contributed by atoms with E-state index in [1.165, 1.54) is 24.0 Å². The Balaban J connectivity index is 2.47. The summed E-state index contributed by atoms with van der Waals surface area (Å²) in [6.07, 6.45) is 4.46. The molecule has 0 saturated heterocycles. The molecule has 0 bridgehead atoms. The van der Waals surface area contributed by atoms with Crippen molar-refractivity contribution in [1.82, 2.24) is 0 Å². The molecule has 0 atom stereocenters. The molecule has 1 aromatic carbocycles. The molecule has 0 heterocycles. The average molecular weight is 185 g/mol. The molecule has 0 aromatic heterocycles. The second kappa shape index (κ2) is 3.46. The average Bonchev–Trinajstić information content (AvgIpc) is 2.68. The first-order valence-electron chi connectivity index (χ1n) is 5.26. The van der Waals surface area contributed by atoms with Gasteiger partial charge in [-0.25, -0.2) is 0 Å². The molecule has 0 aliphatic heterocycles. The summed E-state index contributed by atoms with van der Waals surface area (Å²) < 4.78 is 0. The van der Waals surface area contributed by atoms with Gasteiger partial charge in [0.05, 0.1) is 11.5 Å². The lowest BCUT2D eigenvalue weighted by Crippen LogP contribution is -2.20. The van der Waals surface area contributed by atoms with Crippen LogP contribution in [0.2, 0.25) is 0 Å². The fourth-order valence-corrected chi connectivity index (χ4v) is 2.53. The molecule has 1 aliphatic rings. The molecule has 1 heteroatoms. The maximum Gasteiger partial charge on any atom is 0.0825 e. The van der Waals surface area contributed by atoms with Crippen molar-refractivity contribution >= 4 is 0 Å². The van der Waals surface area contributed by atoms with Gasteiger partial charge in [0, 0.05) is 0 Å². The predicted octanol–water partition coefficient (Wildman–Crippen LogP) is 3.33. The molecule has 1 aromatic rings. The third-order valence-corrected chi connectivity index (χ3v) is 3.33. The molecular formula is C13H15N. The van der Waals surface area contributed by atoms with Crippen molar-refractivity contribution in [2.75, 3.05) is 0 Å². The van der Waals surface area contributed by atoms with E-state index in [0.29, 0.717) is 0 Å². The SMILES string of the molecule is Cc1ccccc1C1(C#N)CCCC1. The highest BCUT2D eigenvalue weighted by Crippen LogP contribution is 2.41. The number of aryl methyl sites for hydroxylation is 1. The number of rotatable bonds is 1. The van der Waals surface area contributed by atoms with Crippen LogP contribution < -0.4 is 0 Å². The lowest BCUT2D eigenvalue weighted by molar-refractivity contribution is 0.569. The molecule has 0 radical (unpaired) electrons. The topological polar surface area (TPSA) is 23.8 Å². The van der Waals surface area contributed by atoms with Crippen molar-refractivity contribution in [2.45, 2.75) is 38.0 Å². The van der Waals surface area contributed by atoms with E-state index < -0.39 is 0 Å². The van der Waals surface area contributed by atoms with E-state index in [1.54, 1.807) is 0 Å². The Kier molecular flexibility index (Phi) is 2.29. The van der Waals surface area contributed by atoms with Gasteiger partial charge in [-0.1, -0.05) is 37.1 Å². The van der Waals surface area contributed by atoms with E-state index in [2.05, 4.69) is 25.1 Å². The predicted molar refractivity (Wildman–Crippen MR) is 56.9 cm³/mol. The zero-order valence-electron chi connectivity index (χ0n) is 8.59. The Labute approximate surface area is 85.4 Å². The van der Waals surface area contributed by atoms with Crippen molar-refractivity contribution < 1.29 is 0 Å². The largest absolute Gasteiger partial charge is 0.197 e. The maximum absolute atomic E-state index is 9.34. The zero-order chi connectivity index (χ0) is 10.0. The van der Waals surface area contributed by atoms with Gasteiger partial charge in [0.1, 0.15) is 0 Å². The van der Waals surface area contributed by atoms with Crippen LogP contribution >= 0.6 is 0 Å². The highest BCUT2D eigenvalue weighted by molar-refractivity contribution is 5.39. The molecule has 14 heavy (non-hydrogen) atoms. The summed E-state index contributed by atoms with van der Waals surface area (Å²) in [5, 5.41) is 9.34. The first kappa shape index (κ1) is 9.27. The molecule has 0 N–H and O–H groups in total. The first-order valence-corrected chi connectivity index (χ1v) is 5.26. The standard InChI is InChI=1S/C13H15N/c1-11-6-2-3-7-12(11)13(10-14)8-4-5-9-13/h2-3,6-7H,4-5,8-9H2,1H3. The highest BCUT2D eigenvalue weighted by atomic mass is 14.4. The van der Waals surface area contributed by atoms with Crippen molar-refractivity contribution in [2.24, 2.45) is 0 Å². The van der Waals surface area contributed by atoms with Crippen LogP contribution in [-0.2, 0) is 5.41 Å². The normalized spacial score (nSPS) is 19.1. The van der Waals surface area contributed by atoms with E-state index in [1.807, 2.05) is 12.1 Å². The number of nitriles is 1. The second-order valence-corrected chi connectivity index (χ2v) is 4.22. The lowest BCUT2D eigenvalue weighted by atomic mass is 9.78. The molecule has 0 unspecified atom stereocenters. The van der Waals surface area contributed by atoms with Gasteiger partial charge in [0.25, 0.3) is 0 Å². The molecule has 72 valence electrons. The lowest BCUT2D eigenvalue weighted by Gasteiger charge is -2.22. The smallest absolute Gasteiger partial charge is 0.0825 e. The van der Waals surface area contributed by atoms with Crippen LogP contribution in [0.3, 0.4) is 0 Å². The van der Waals surface area contributed by atoms with Gasteiger partial charge in [-0.2, -0.15) is 5.26 Å². The van der Waals surface area contributed by atoms with Crippen LogP contribution in [0.5, 0.6) is 0 Å². The molecule has 0 spiro atoms. The van der Waals surface area contributed by atoms with Gasteiger partial charge in [-0.15, -0.1) is 0 Å². The summed E-state index contributed by atoms with van der Waals surface area (Å²) in [5.74, 6) is 0. The quantitative estimate of drug-likeness (QED) is 0.658. The minimum Gasteiger partial charge on any atom is -0.197 e. The number of benzene rings is 1. The Morgan fingerprint density at radius 2 is 1.86 bits per heavy atom. The fourth-order valence-electron chi connectivity index (χ4n) is 2.53. The van der Waals surface area contributed by atoms with E-state index in [4.69, 9.17) is 0 Å². The molecule has 1 nitrogen and oxygen atoms in total. The van der Waals surface area contributed by atoms with E-state index in [-0.39, 0.29) is 5.41 Å². The number of hydrogen-bond acceptors (Lipinski definition) is 1. The molecule has 1 fully saturated rings. The molecule has 1 saturated carbocycles. The minimum atomic E-state index is -0.175. The Morgan fingerprint density at radius 1 is 1.21 bits per heavy atom. The van der Waals surface area contributed by atoms with E-state index in [9.17, 15) is 5.26 Å². The van der Waals surface area contributed by atoms with Crippen molar-refractivity contribution in [3.05, 3.63) is 35.4 Å². The summed E-state index contributed by atoms with van der Waals surface area (Å²) in [7, 11) is 0. The van der Waals surface area contributed by atoms with Gasteiger partial charge < -0.3 is 0 Å². The van der Waals surface area contributed by atoms with Gasteiger partial charge in [-0.3, -0.25) is 0 Å². The van der Waals surface area contributed by atoms with Crippen LogP contribution in [0.1, 0.15) is 36.8 Å². The van der Waals surface area contributed by atoms with Crippen molar-refractivity contribution in [3.8, 4) is 6.07 Å². The Morgan fingerprint density at radius 3 is 2.43 bits per heavy atom. The highest BCUT2D eigenvalue weighted by Gasteiger charge is 2.36. The van der Waals surface area contributed by atoms with E-state index in [0.717, 1.165) is 12.8 Å². The summed E-state index contributed by atoms with van der Waals surface area (Å²) >= 11 is 0. The van der Waals surface area contributed by atoms with Gasteiger partial charge in [-0.05, 0) is 30.9 Å². The van der Waals surface area contributed by atoms with Crippen molar-refractivity contribution in [3.63, 3.8) is 0 Å². The summed E-state index contributed by atoms with van der Waals surface area (Å²) in [5.41, 5.74) is 2.33. The minimum absolute atomic E-state index is 0.175. The summed E-state index contributed by atoms with van der Waals surface area (Å²) in [4.78, 5) is 0.